The highest BCUT2D eigenvalue weighted by atomic mass is 16.4. The lowest BCUT2D eigenvalue weighted by Crippen LogP contribution is -2.10. The monoisotopic (exact) mass is 259 g/mol. The molecule has 1 heterocycles. The number of carbonyl (C=O) groups is 1. The number of nitrogens with one attached hydrogen (secondary N) is 2. The number of carboxylic acid groups (broad SMARTS) is 1. The molecule has 8 heteroatoms. The third-order valence-electron chi connectivity index (χ3n) is 2.12. The van der Waals surface area contributed by atoms with Crippen molar-refractivity contribution < 1.29 is 9.90 Å². The van der Waals surface area contributed by atoms with Crippen LogP contribution >= 0.6 is 0 Å². The molecule has 0 aliphatic carbocycles. The van der Waals surface area contributed by atoms with Crippen LogP contribution in [0, 0.1) is 0 Å². The van der Waals surface area contributed by atoms with Gasteiger partial charge in [0.1, 0.15) is 6.20 Å². The summed E-state index contributed by atoms with van der Waals surface area (Å²) in [5, 5.41) is 19.6. The molecular weight excluding hydrogens is 250 g/mol. The van der Waals surface area contributed by atoms with Crippen molar-refractivity contribution in [1.29, 1.82) is 0 Å². The lowest BCUT2D eigenvalue weighted by Gasteiger charge is -1.97. The Kier molecular flexibility index (Phi) is 3.62. The van der Waals surface area contributed by atoms with Crippen molar-refractivity contribution >= 4 is 18.1 Å². The molecule has 0 unspecified atom stereocenters. The van der Waals surface area contributed by atoms with Crippen LogP contribution in [0.4, 0.5) is 5.95 Å². The SMILES string of the molecule is O=C(O)c1ccc(/C=N\Nc2nncc(=O)[nH]2)cc1. The van der Waals surface area contributed by atoms with E-state index in [9.17, 15) is 9.59 Å². The van der Waals surface area contributed by atoms with Crippen LogP contribution in [0.3, 0.4) is 0 Å². The van der Waals surface area contributed by atoms with Gasteiger partial charge in [-0.25, -0.2) is 10.2 Å². The minimum atomic E-state index is -0.987. The fraction of sp³-hybridized carbons (Fsp3) is 0. The molecule has 0 aliphatic heterocycles. The first kappa shape index (κ1) is 12.4. The zero-order valence-corrected chi connectivity index (χ0v) is 9.57. The first-order chi connectivity index (χ1) is 9.15. The summed E-state index contributed by atoms with van der Waals surface area (Å²) < 4.78 is 0. The Labute approximate surface area is 106 Å². The molecular formula is C11H9N5O3. The number of rotatable bonds is 4. The van der Waals surface area contributed by atoms with E-state index in [2.05, 4.69) is 25.7 Å². The van der Waals surface area contributed by atoms with Gasteiger partial charge in [0.25, 0.3) is 5.56 Å². The van der Waals surface area contributed by atoms with Crippen LogP contribution < -0.4 is 11.0 Å². The molecule has 0 fully saturated rings. The zero-order valence-electron chi connectivity index (χ0n) is 9.57. The molecule has 0 atom stereocenters. The number of aromatic nitrogens is 3. The predicted octanol–water partition coefficient (Wildman–Crippen LogP) is 0.309. The highest BCUT2D eigenvalue weighted by Crippen LogP contribution is 2.02. The molecule has 2 rings (SSSR count). The Hall–Kier alpha value is -3.03. The van der Waals surface area contributed by atoms with Gasteiger partial charge in [-0.15, -0.1) is 10.2 Å². The van der Waals surface area contributed by atoms with Crippen molar-refractivity contribution in [2.75, 3.05) is 5.43 Å². The lowest BCUT2D eigenvalue weighted by molar-refractivity contribution is 0.0697. The number of hydrogen-bond acceptors (Lipinski definition) is 6. The molecule has 0 radical (unpaired) electrons. The van der Waals surface area contributed by atoms with Gasteiger partial charge in [-0.2, -0.15) is 5.10 Å². The van der Waals surface area contributed by atoms with E-state index in [1.807, 2.05) is 0 Å². The van der Waals surface area contributed by atoms with Gasteiger partial charge in [0.05, 0.1) is 11.8 Å². The molecule has 1 aromatic carbocycles. The second-order valence-corrected chi connectivity index (χ2v) is 3.48. The van der Waals surface area contributed by atoms with Crippen molar-refractivity contribution in [3.63, 3.8) is 0 Å². The van der Waals surface area contributed by atoms with E-state index in [1.165, 1.54) is 18.3 Å². The number of aromatic amines is 1. The lowest BCUT2D eigenvalue weighted by atomic mass is 10.1. The molecule has 1 aromatic heterocycles. The largest absolute Gasteiger partial charge is 0.478 e. The molecule has 19 heavy (non-hydrogen) atoms. The number of carboxylic acids is 1. The van der Waals surface area contributed by atoms with Gasteiger partial charge in [0.2, 0.25) is 5.95 Å². The van der Waals surface area contributed by atoms with E-state index in [4.69, 9.17) is 5.11 Å². The van der Waals surface area contributed by atoms with Crippen molar-refractivity contribution in [2.24, 2.45) is 5.10 Å². The Morgan fingerprint density at radius 3 is 2.74 bits per heavy atom. The number of aromatic carboxylic acids is 1. The smallest absolute Gasteiger partial charge is 0.335 e. The highest BCUT2D eigenvalue weighted by molar-refractivity contribution is 5.89. The van der Waals surface area contributed by atoms with E-state index < -0.39 is 11.5 Å². The topological polar surface area (TPSA) is 120 Å². The van der Waals surface area contributed by atoms with Gasteiger partial charge in [-0.05, 0) is 17.7 Å². The summed E-state index contributed by atoms with van der Waals surface area (Å²) in [6, 6.07) is 6.14. The summed E-state index contributed by atoms with van der Waals surface area (Å²) in [7, 11) is 0. The van der Waals surface area contributed by atoms with Gasteiger partial charge < -0.3 is 5.11 Å². The summed E-state index contributed by atoms with van der Waals surface area (Å²) >= 11 is 0. The molecule has 0 amide bonds. The Bertz CT molecular complexity index is 663. The summed E-state index contributed by atoms with van der Waals surface area (Å²) in [5.41, 5.74) is 3.00. The number of benzene rings is 1. The maximum Gasteiger partial charge on any atom is 0.335 e. The third kappa shape index (κ3) is 3.46. The van der Waals surface area contributed by atoms with Crippen LogP contribution in [0.15, 0.2) is 40.4 Å². The number of anilines is 1. The third-order valence-corrected chi connectivity index (χ3v) is 2.12. The second-order valence-electron chi connectivity index (χ2n) is 3.48. The molecule has 8 nitrogen and oxygen atoms in total. The standard InChI is InChI=1S/C11H9N5O3/c17-9-6-13-16-11(14-9)15-12-5-7-1-3-8(4-2-7)10(18)19/h1-6H,(H,18,19)(H2,14,15,16,17)/b12-5-. The highest BCUT2D eigenvalue weighted by Gasteiger charge is 2.00. The van der Waals surface area contributed by atoms with Crippen LogP contribution in [0.25, 0.3) is 0 Å². The zero-order chi connectivity index (χ0) is 13.7. The predicted molar refractivity (Wildman–Crippen MR) is 67.3 cm³/mol. The molecule has 0 aliphatic rings. The number of H-pyrrole nitrogens is 1. The number of hydrogen-bond donors (Lipinski definition) is 3. The fourth-order valence-corrected chi connectivity index (χ4v) is 1.24. The fourth-order valence-electron chi connectivity index (χ4n) is 1.24. The molecule has 3 N–H and O–H groups in total. The minimum absolute atomic E-state index is 0.117. The summed E-state index contributed by atoms with van der Waals surface area (Å²) in [4.78, 5) is 24.0. The molecule has 0 spiro atoms. The molecule has 96 valence electrons. The summed E-state index contributed by atoms with van der Waals surface area (Å²) in [6.07, 6.45) is 2.50. The Morgan fingerprint density at radius 2 is 2.11 bits per heavy atom. The average molecular weight is 259 g/mol. The second kappa shape index (κ2) is 5.54. The summed E-state index contributed by atoms with van der Waals surface area (Å²) in [5.74, 6) is -0.871. The van der Waals surface area contributed by atoms with Gasteiger partial charge in [0, 0.05) is 0 Å². The minimum Gasteiger partial charge on any atom is -0.478 e. The molecule has 2 aromatic rings. The first-order valence-electron chi connectivity index (χ1n) is 5.19. The van der Waals surface area contributed by atoms with E-state index in [-0.39, 0.29) is 11.5 Å². The Morgan fingerprint density at radius 1 is 1.37 bits per heavy atom. The van der Waals surface area contributed by atoms with Gasteiger partial charge in [0.15, 0.2) is 0 Å². The van der Waals surface area contributed by atoms with Crippen molar-refractivity contribution in [2.45, 2.75) is 0 Å². The van der Waals surface area contributed by atoms with Crippen LogP contribution in [0.1, 0.15) is 15.9 Å². The quantitative estimate of drug-likeness (QED) is 0.536. The van der Waals surface area contributed by atoms with Crippen LogP contribution in [-0.4, -0.2) is 32.5 Å². The van der Waals surface area contributed by atoms with E-state index in [0.717, 1.165) is 6.20 Å². The van der Waals surface area contributed by atoms with Crippen LogP contribution in [-0.2, 0) is 0 Å². The van der Waals surface area contributed by atoms with Gasteiger partial charge in [-0.1, -0.05) is 12.1 Å². The molecule has 0 saturated carbocycles. The normalized spacial score (nSPS) is 10.5. The maximum atomic E-state index is 10.9. The van der Waals surface area contributed by atoms with E-state index in [0.29, 0.717) is 5.56 Å². The average Bonchev–Trinajstić information content (AvgIpc) is 2.39. The number of hydrazone groups is 1. The summed E-state index contributed by atoms with van der Waals surface area (Å²) in [6.45, 7) is 0. The van der Waals surface area contributed by atoms with Crippen LogP contribution in [0.2, 0.25) is 0 Å². The molecule has 0 saturated heterocycles. The van der Waals surface area contributed by atoms with Gasteiger partial charge in [-0.3, -0.25) is 9.78 Å². The van der Waals surface area contributed by atoms with Crippen molar-refractivity contribution in [3.8, 4) is 0 Å². The van der Waals surface area contributed by atoms with Gasteiger partial charge >= 0.3 is 5.97 Å². The van der Waals surface area contributed by atoms with Crippen LogP contribution in [0.5, 0.6) is 0 Å². The molecule has 0 bridgehead atoms. The Balaban J connectivity index is 2.03. The number of nitrogens with zero attached hydrogens (tertiary/aromatic N) is 3. The van der Waals surface area contributed by atoms with E-state index in [1.54, 1.807) is 12.1 Å². The first-order valence-corrected chi connectivity index (χ1v) is 5.19. The van der Waals surface area contributed by atoms with E-state index >= 15 is 0 Å². The van der Waals surface area contributed by atoms with Crippen molar-refractivity contribution in [1.82, 2.24) is 15.2 Å². The van der Waals surface area contributed by atoms with Crippen molar-refractivity contribution in [3.05, 3.63) is 51.9 Å². The maximum absolute atomic E-state index is 10.9.